The van der Waals surface area contributed by atoms with E-state index >= 15 is 0 Å². The molecule has 7 nitrogen and oxygen atoms in total. The summed E-state index contributed by atoms with van der Waals surface area (Å²) in [5.41, 5.74) is 1.34. The molecule has 4 aromatic carbocycles. The van der Waals surface area contributed by atoms with E-state index in [9.17, 15) is 13.2 Å². The summed E-state index contributed by atoms with van der Waals surface area (Å²) in [7, 11) is -3.98. The number of nitrogens with one attached hydrogen (secondary N) is 2. The van der Waals surface area contributed by atoms with Gasteiger partial charge in [0.25, 0.3) is 0 Å². The monoisotopic (exact) mass is 516 g/mol. The van der Waals surface area contributed by atoms with Crippen molar-refractivity contribution < 1.29 is 22.7 Å². The van der Waals surface area contributed by atoms with Gasteiger partial charge in [-0.25, -0.2) is 8.42 Å². The highest BCUT2D eigenvalue weighted by Crippen LogP contribution is 2.23. The van der Waals surface area contributed by atoms with Gasteiger partial charge in [0.1, 0.15) is 23.3 Å². The maximum Gasteiger partial charge on any atom is 0.242 e. The third-order valence-electron chi connectivity index (χ3n) is 5.44. The summed E-state index contributed by atoms with van der Waals surface area (Å²) in [4.78, 5) is 13.3. The van der Waals surface area contributed by atoms with Gasteiger partial charge in [-0.1, -0.05) is 48.5 Å². The number of sulfonamides is 1. The smallest absolute Gasteiger partial charge is 0.242 e. The van der Waals surface area contributed by atoms with Crippen molar-refractivity contribution in [3.05, 3.63) is 115 Å². The second-order valence-electron chi connectivity index (χ2n) is 8.20. The minimum absolute atomic E-state index is 0.0456. The van der Waals surface area contributed by atoms with E-state index in [4.69, 9.17) is 9.47 Å². The highest BCUT2D eigenvalue weighted by Gasteiger charge is 2.26. The number of carbonyl (C=O) groups excluding carboxylic acids is 1. The van der Waals surface area contributed by atoms with Crippen LogP contribution in [0, 0.1) is 0 Å². The third-order valence-corrected chi connectivity index (χ3v) is 6.93. The number of amides is 1. The highest BCUT2D eigenvalue weighted by atomic mass is 32.2. The molecule has 0 saturated carbocycles. The Morgan fingerprint density at radius 1 is 0.757 bits per heavy atom. The Balaban J connectivity index is 1.49. The van der Waals surface area contributed by atoms with Gasteiger partial charge in [-0.2, -0.15) is 4.72 Å². The molecule has 0 spiro atoms. The average Bonchev–Trinajstić information content (AvgIpc) is 2.91. The summed E-state index contributed by atoms with van der Waals surface area (Å²) < 4.78 is 40.0. The Hall–Kier alpha value is -4.14. The molecule has 1 atom stereocenters. The first-order valence-electron chi connectivity index (χ1n) is 11.9. The zero-order chi connectivity index (χ0) is 26.1. The molecule has 0 unspecified atom stereocenters. The first-order chi connectivity index (χ1) is 17.9. The number of rotatable bonds is 11. The van der Waals surface area contributed by atoms with Crippen LogP contribution >= 0.6 is 0 Å². The Labute approximate surface area is 217 Å². The quantitative estimate of drug-likeness (QED) is 0.278. The van der Waals surface area contributed by atoms with Gasteiger partial charge in [0.15, 0.2) is 0 Å². The van der Waals surface area contributed by atoms with E-state index in [1.54, 1.807) is 36.4 Å². The van der Waals surface area contributed by atoms with Gasteiger partial charge in [0, 0.05) is 5.69 Å². The fraction of sp³-hybridized carbons (Fsp3) is 0.138. The van der Waals surface area contributed by atoms with Crippen LogP contribution in [0.1, 0.15) is 12.5 Å². The fourth-order valence-corrected chi connectivity index (χ4v) is 4.83. The zero-order valence-corrected chi connectivity index (χ0v) is 21.1. The molecular formula is C29H28N2O5S. The molecule has 0 bridgehead atoms. The summed E-state index contributed by atoms with van der Waals surface area (Å²) in [6.07, 6.45) is 0.179. The SMILES string of the molecule is CCOc1ccc(S(=O)(=O)N[C@@H](Cc2ccccc2)C(=O)Nc2ccc(Oc3ccccc3)cc2)cc1. The predicted molar refractivity (Wildman–Crippen MR) is 143 cm³/mol. The Bertz CT molecular complexity index is 1390. The molecule has 0 fully saturated rings. The van der Waals surface area contributed by atoms with Crippen LogP contribution < -0.4 is 19.5 Å². The second-order valence-corrected chi connectivity index (χ2v) is 9.91. The lowest BCUT2D eigenvalue weighted by atomic mass is 10.1. The molecule has 0 aliphatic rings. The van der Waals surface area contributed by atoms with Gasteiger partial charge in [-0.3, -0.25) is 4.79 Å². The first-order valence-corrected chi connectivity index (χ1v) is 13.3. The number of hydrogen-bond acceptors (Lipinski definition) is 5. The molecule has 0 heterocycles. The number of benzene rings is 4. The van der Waals surface area contributed by atoms with Gasteiger partial charge < -0.3 is 14.8 Å². The van der Waals surface area contributed by atoms with Crippen LogP contribution in [0.25, 0.3) is 0 Å². The molecule has 4 aromatic rings. The Morgan fingerprint density at radius 2 is 1.32 bits per heavy atom. The lowest BCUT2D eigenvalue weighted by molar-refractivity contribution is -0.117. The van der Waals surface area contributed by atoms with Crippen LogP contribution in [-0.2, 0) is 21.2 Å². The summed E-state index contributed by atoms with van der Waals surface area (Å²) in [6, 6.07) is 30.5. The maximum atomic E-state index is 13.3. The molecule has 2 N–H and O–H groups in total. The van der Waals surface area contributed by atoms with Crippen LogP contribution in [0.3, 0.4) is 0 Å². The van der Waals surface area contributed by atoms with Gasteiger partial charge >= 0.3 is 0 Å². The number of carbonyl (C=O) groups is 1. The minimum Gasteiger partial charge on any atom is -0.494 e. The van der Waals surface area contributed by atoms with E-state index in [2.05, 4.69) is 10.0 Å². The molecular weight excluding hydrogens is 488 g/mol. The number of ether oxygens (including phenoxy) is 2. The topological polar surface area (TPSA) is 93.7 Å². The van der Waals surface area contributed by atoms with Crippen LogP contribution in [0.15, 0.2) is 114 Å². The molecule has 0 aliphatic heterocycles. The van der Waals surface area contributed by atoms with Crippen LogP contribution in [0.2, 0.25) is 0 Å². The lowest BCUT2D eigenvalue weighted by Gasteiger charge is -2.19. The normalized spacial score (nSPS) is 11.9. The van der Waals surface area contributed by atoms with Crippen molar-refractivity contribution in [2.24, 2.45) is 0 Å². The van der Waals surface area contributed by atoms with Crippen molar-refractivity contribution in [3.8, 4) is 17.2 Å². The van der Waals surface area contributed by atoms with Crippen molar-refractivity contribution in [1.82, 2.24) is 4.72 Å². The summed E-state index contributed by atoms with van der Waals surface area (Å²) in [6.45, 7) is 2.33. The van der Waals surface area contributed by atoms with Gasteiger partial charge in [-0.15, -0.1) is 0 Å². The molecule has 1 amide bonds. The summed E-state index contributed by atoms with van der Waals surface area (Å²) in [5.74, 6) is 1.40. The molecule has 0 radical (unpaired) electrons. The Morgan fingerprint density at radius 3 is 1.95 bits per heavy atom. The van der Waals surface area contributed by atoms with Gasteiger partial charge in [-0.05, 0) is 79.6 Å². The molecule has 0 aliphatic carbocycles. The fourth-order valence-electron chi connectivity index (χ4n) is 3.63. The third kappa shape index (κ3) is 7.42. The van der Waals surface area contributed by atoms with Crippen LogP contribution in [-0.4, -0.2) is 27.0 Å². The van der Waals surface area contributed by atoms with Crippen molar-refractivity contribution in [2.45, 2.75) is 24.3 Å². The standard InChI is InChI=1S/C29H28N2O5S/c1-2-35-24-17-19-27(20-18-24)37(33,34)31-28(21-22-9-5-3-6-10-22)29(32)30-23-13-15-26(16-14-23)36-25-11-7-4-8-12-25/h3-20,28,31H,2,21H2,1H3,(H,30,32)/t28-/m0/s1. The van der Waals surface area contributed by atoms with Crippen molar-refractivity contribution >= 4 is 21.6 Å². The van der Waals surface area contributed by atoms with Gasteiger partial charge in [0.05, 0.1) is 11.5 Å². The van der Waals surface area contributed by atoms with E-state index in [0.29, 0.717) is 29.5 Å². The molecule has 4 rings (SSSR count). The number of anilines is 1. The van der Waals surface area contributed by atoms with E-state index in [-0.39, 0.29) is 11.3 Å². The largest absolute Gasteiger partial charge is 0.494 e. The number of para-hydroxylation sites is 1. The Kier molecular flexibility index (Phi) is 8.56. The van der Waals surface area contributed by atoms with Crippen molar-refractivity contribution in [1.29, 1.82) is 0 Å². The molecule has 0 saturated heterocycles. The number of hydrogen-bond donors (Lipinski definition) is 2. The lowest BCUT2D eigenvalue weighted by Crippen LogP contribution is -2.45. The maximum absolute atomic E-state index is 13.3. The molecule has 190 valence electrons. The first kappa shape index (κ1) is 25.9. The van der Waals surface area contributed by atoms with Crippen LogP contribution in [0.4, 0.5) is 5.69 Å². The van der Waals surface area contributed by atoms with Gasteiger partial charge in [0.2, 0.25) is 15.9 Å². The zero-order valence-electron chi connectivity index (χ0n) is 20.3. The molecule has 8 heteroatoms. The van der Waals surface area contributed by atoms with E-state index < -0.39 is 22.0 Å². The highest BCUT2D eigenvalue weighted by molar-refractivity contribution is 7.89. The van der Waals surface area contributed by atoms with E-state index in [0.717, 1.165) is 5.56 Å². The van der Waals surface area contributed by atoms with Crippen LogP contribution in [0.5, 0.6) is 17.2 Å². The van der Waals surface area contributed by atoms with E-state index in [1.165, 1.54) is 12.1 Å². The van der Waals surface area contributed by atoms with E-state index in [1.807, 2.05) is 67.6 Å². The van der Waals surface area contributed by atoms with Crippen molar-refractivity contribution in [3.63, 3.8) is 0 Å². The predicted octanol–water partition coefficient (Wildman–Crippen LogP) is 5.41. The molecule has 0 aromatic heterocycles. The second kappa shape index (κ2) is 12.2. The average molecular weight is 517 g/mol. The molecule has 37 heavy (non-hydrogen) atoms. The summed E-state index contributed by atoms with van der Waals surface area (Å²) in [5, 5.41) is 2.81. The minimum atomic E-state index is -3.98. The van der Waals surface area contributed by atoms with Crippen molar-refractivity contribution in [2.75, 3.05) is 11.9 Å². The summed E-state index contributed by atoms with van der Waals surface area (Å²) >= 11 is 0.